The van der Waals surface area contributed by atoms with Gasteiger partial charge in [0.1, 0.15) is 0 Å². The first-order chi connectivity index (χ1) is 8.19. The summed E-state index contributed by atoms with van der Waals surface area (Å²) in [5.74, 6) is -0.0194. The number of rotatable bonds is 6. The van der Waals surface area contributed by atoms with Gasteiger partial charge in [-0.15, -0.1) is 0 Å². The smallest absolute Gasteiger partial charge is 0.251 e. The number of nitrogens with one attached hydrogen (secondary N) is 1. The minimum Gasteiger partial charge on any atom is -0.350 e. The second-order valence-electron chi connectivity index (χ2n) is 4.27. The van der Waals surface area contributed by atoms with Crippen molar-refractivity contribution in [3.63, 3.8) is 0 Å². The number of carbonyl (C=O) groups excluding carboxylic acids is 1. The largest absolute Gasteiger partial charge is 0.350 e. The molecule has 0 heterocycles. The van der Waals surface area contributed by atoms with Gasteiger partial charge in [-0.2, -0.15) is 0 Å². The average Bonchev–Trinajstić information content (AvgIpc) is 2.36. The molecule has 0 radical (unpaired) electrons. The van der Waals surface area contributed by atoms with Gasteiger partial charge in [0.15, 0.2) is 0 Å². The summed E-state index contributed by atoms with van der Waals surface area (Å²) < 4.78 is 0. The molecule has 0 aliphatic carbocycles. The molecule has 0 saturated heterocycles. The Labute approximate surface area is 103 Å². The lowest BCUT2D eigenvalue weighted by Crippen LogP contribution is -2.37. The van der Waals surface area contributed by atoms with E-state index in [1.54, 1.807) is 0 Å². The van der Waals surface area contributed by atoms with Crippen LogP contribution in [0.5, 0.6) is 0 Å². The van der Waals surface area contributed by atoms with Gasteiger partial charge in [0.2, 0.25) is 0 Å². The lowest BCUT2D eigenvalue weighted by Gasteiger charge is -2.13. The van der Waals surface area contributed by atoms with Crippen molar-refractivity contribution in [2.45, 2.75) is 39.2 Å². The van der Waals surface area contributed by atoms with Crippen molar-refractivity contribution in [3.8, 4) is 0 Å². The Bertz CT molecular complexity index is 363. The normalized spacial score (nSPS) is 12.2. The van der Waals surface area contributed by atoms with Gasteiger partial charge in [0.25, 0.3) is 5.91 Å². The van der Waals surface area contributed by atoms with Crippen molar-refractivity contribution in [2.75, 3.05) is 6.54 Å². The van der Waals surface area contributed by atoms with Gasteiger partial charge in [-0.1, -0.05) is 38.5 Å². The summed E-state index contributed by atoms with van der Waals surface area (Å²) in [4.78, 5) is 12.0. The van der Waals surface area contributed by atoms with E-state index in [4.69, 9.17) is 5.73 Å². The lowest BCUT2D eigenvalue weighted by atomic mass is 10.0. The van der Waals surface area contributed by atoms with Gasteiger partial charge in [0.05, 0.1) is 0 Å². The highest BCUT2D eigenvalue weighted by molar-refractivity contribution is 5.95. The average molecular weight is 234 g/mol. The summed E-state index contributed by atoms with van der Waals surface area (Å²) in [5.41, 5.74) is 7.71. The third kappa shape index (κ3) is 4.19. The van der Waals surface area contributed by atoms with Crippen LogP contribution in [0.25, 0.3) is 0 Å². The Balaban J connectivity index is 2.58. The van der Waals surface area contributed by atoms with E-state index in [1.165, 1.54) is 0 Å². The van der Waals surface area contributed by atoms with E-state index in [-0.39, 0.29) is 11.9 Å². The fourth-order valence-electron chi connectivity index (χ4n) is 1.84. The fraction of sp³-hybridized carbons (Fsp3) is 0.500. The number of amides is 1. The Hall–Kier alpha value is -1.35. The van der Waals surface area contributed by atoms with E-state index in [2.05, 4.69) is 19.2 Å². The summed E-state index contributed by atoms with van der Waals surface area (Å²) in [6.45, 7) is 4.69. The number of aryl methyl sites for hydroxylation is 1. The monoisotopic (exact) mass is 234 g/mol. The molecule has 1 atom stereocenters. The molecule has 0 aliphatic heterocycles. The quantitative estimate of drug-likeness (QED) is 0.792. The second-order valence-corrected chi connectivity index (χ2v) is 4.27. The van der Waals surface area contributed by atoms with Crippen LogP contribution in [0, 0.1) is 0 Å². The Kier molecular flexibility index (Phi) is 5.70. The van der Waals surface area contributed by atoms with E-state index in [9.17, 15) is 4.79 Å². The van der Waals surface area contributed by atoms with E-state index in [1.807, 2.05) is 24.3 Å². The highest BCUT2D eigenvalue weighted by Crippen LogP contribution is 2.09. The SMILES string of the molecule is CCCC(N)CNC(=O)c1ccccc1CC. The summed E-state index contributed by atoms with van der Waals surface area (Å²) in [6, 6.07) is 7.75. The van der Waals surface area contributed by atoms with Gasteiger partial charge in [-0.3, -0.25) is 4.79 Å². The molecule has 0 saturated carbocycles. The van der Waals surface area contributed by atoms with Gasteiger partial charge in [-0.25, -0.2) is 0 Å². The van der Waals surface area contributed by atoms with Crippen LogP contribution in [0.3, 0.4) is 0 Å². The van der Waals surface area contributed by atoms with Crippen molar-refractivity contribution >= 4 is 5.91 Å². The minimum absolute atomic E-state index is 0.0194. The standard InChI is InChI=1S/C14H22N2O/c1-3-7-12(15)10-16-14(17)13-9-6-5-8-11(13)4-2/h5-6,8-9,12H,3-4,7,10,15H2,1-2H3,(H,16,17). The second kappa shape index (κ2) is 7.07. The van der Waals surface area contributed by atoms with Crippen molar-refractivity contribution in [3.05, 3.63) is 35.4 Å². The van der Waals surface area contributed by atoms with Gasteiger partial charge in [0, 0.05) is 18.2 Å². The van der Waals surface area contributed by atoms with Crippen molar-refractivity contribution in [1.82, 2.24) is 5.32 Å². The highest BCUT2D eigenvalue weighted by atomic mass is 16.1. The number of hydrogen-bond acceptors (Lipinski definition) is 2. The van der Waals surface area contributed by atoms with Gasteiger partial charge >= 0.3 is 0 Å². The molecule has 1 rings (SSSR count). The summed E-state index contributed by atoms with van der Waals surface area (Å²) in [6.07, 6.45) is 2.85. The molecular formula is C14H22N2O. The number of hydrogen-bond donors (Lipinski definition) is 2. The molecule has 0 spiro atoms. The zero-order valence-electron chi connectivity index (χ0n) is 10.7. The van der Waals surface area contributed by atoms with Crippen molar-refractivity contribution in [1.29, 1.82) is 0 Å². The number of benzene rings is 1. The van der Waals surface area contributed by atoms with Gasteiger partial charge < -0.3 is 11.1 Å². The molecule has 1 aromatic carbocycles. The van der Waals surface area contributed by atoms with Crippen molar-refractivity contribution < 1.29 is 4.79 Å². The molecule has 17 heavy (non-hydrogen) atoms. The summed E-state index contributed by atoms with van der Waals surface area (Å²) >= 11 is 0. The van der Waals surface area contributed by atoms with Crippen LogP contribution in [0.1, 0.15) is 42.6 Å². The maximum atomic E-state index is 12.0. The number of carbonyl (C=O) groups is 1. The first kappa shape index (κ1) is 13.7. The minimum atomic E-state index is -0.0194. The molecule has 3 heteroatoms. The molecule has 0 bridgehead atoms. The molecule has 1 aromatic rings. The molecule has 1 unspecified atom stereocenters. The fourth-order valence-corrected chi connectivity index (χ4v) is 1.84. The first-order valence-corrected chi connectivity index (χ1v) is 6.30. The predicted molar refractivity (Wildman–Crippen MR) is 71.0 cm³/mol. The third-order valence-corrected chi connectivity index (χ3v) is 2.83. The highest BCUT2D eigenvalue weighted by Gasteiger charge is 2.10. The Morgan fingerprint density at radius 3 is 2.71 bits per heavy atom. The Morgan fingerprint density at radius 1 is 1.35 bits per heavy atom. The first-order valence-electron chi connectivity index (χ1n) is 6.30. The Morgan fingerprint density at radius 2 is 2.06 bits per heavy atom. The predicted octanol–water partition coefficient (Wildman–Crippen LogP) is 2.11. The van der Waals surface area contributed by atoms with E-state index in [0.29, 0.717) is 6.54 Å². The summed E-state index contributed by atoms with van der Waals surface area (Å²) in [5, 5.41) is 2.89. The van der Waals surface area contributed by atoms with Gasteiger partial charge in [-0.05, 0) is 24.5 Å². The molecule has 0 aromatic heterocycles. The molecule has 0 fully saturated rings. The zero-order valence-corrected chi connectivity index (χ0v) is 10.7. The summed E-state index contributed by atoms with van der Waals surface area (Å²) in [7, 11) is 0. The third-order valence-electron chi connectivity index (χ3n) is 2.83. The zero-order chi connectivity index (χ0) is 12.7. The van der Waals surface area contributed by atoms with Crippen LogP contribution in [-0.2, 0) is 6.42 Å². The van der Waals surface area contributed by atoms with E-state index in [0.717, 1.165) is 30.4 Å². The molecule has 3 nitrogen and oxygen atoms in total. The molecule has 1 amide bonds. The topological polar surface area (TPSA) is 55.1 Å². The van der Waals surface area contributed by atoms with Crippen LogP contribution in [0.15, 0.2) is 24.3 Å². The van der Waals surface area contributed by atoms with E-state index >= 15 is 0 Å². The van der Waals surface area contributed by atoms with E-state index < -0.39 is 0 Å². The maximum absolute atomic E-state index is 12.0. The number of nitrogens with two attached hydrogens (primary N) is 1. The van der Waals surface area contributed by atoms with Crippen LogP contribution in [-0.4, -0.2) is 18.5 Å². The molecule has 3 N–H and O–H groups in total. The lowest BCUT2D eigenvalue weighted by molar-refractivity contribution is 0.0950. The maximum Gasteiger partial charge on any atom is 0.251 e. The van der Waals surface area contributed by atoms with Crippen LogP contribution >= 0.6 is 0 Å². The molecule has 0 aliphatic rings. The van der Waals surface area contributed by atoms with Crippen LogP contribution in [0.2, 0.25) is 0 Å². The molecule has 94 valence electrons. The van der Waals surface area contributed by atoms with Crippen LogP contribution in [0.4, 0.5) is 0 Å². The van der Waals surface area contributed by atoms with Crippen LogP contribution < -0.4 is 11.1 Å². The van der Waals surface area contributed by atoms with Crippen molar-refractivity contribution in [2.24, 2.45) is 5.73 Å². The molecular weight excluding hydrogens is 212 g/mol.